The zero-order valence-electron chi connectivity index (χ0n) is 6.68. The maximum Gasteiger partial charge on any atom is 0.0849 e. The Balaban J connectivity index is 2.46. The van der Waals surface area contributed by atoms with E-state index in [1.807, 2.05) is 0 Å². The van der Waals surface area contributed by atoms with Crippen molar-refractivity contribution in [2.75, 3.05) is 5.73 Å². The number of nitrogens with zero attached hydrogens (tertiary/aromatic N) is 3. The van der Waals surface area contributed by atoms with Crippen molar-refractivity contribution in [1.29, 1.82) is 0 Å². The van der Waals surface area contributed by atoms with Gasteiger partial charge >= 0.3 is 0 Å². The molecule has 5 heteroatoms. The predicted octanol–water partition coefficient (Wildman–Crippen LogP) is 1.50. The van der Waals surface area contributed by atoms with Crippen LogP contribution < -0.4 is 5.73 Å². The molecule has 0 aliphatic rings. The molecule has 2 rings (SSSR count). The summed E-state index contributed by atoms with van der Waals surface area (Å²) in [5, 5.41) is 4.60. The zero-order valence-corrected chi connectivity index (χ0v) is 7.44. The van der Waals surface area contributed by atoms with E-state index in [2.05, 4.69) is 10.1 Å². The Morgan fingerprint density at radius 1 is 1.31 bits per heavy atom. The van der Waals surface area contributed by atoms with Gasteiger partial charge in [0.2, 0.25) is 0 Å². The third kappa shape index (κ3) is 1.62. The summed E-state index contributed by atoms with van der Waals surface area (Å²) in [6, 6.07) is 1.77. The number of hydrogen-bond acceptors (Lipinski definition) is 3. The van der Waals surface area contributed by atoms with Crippen LogP contribution in [0.15, 0.2) is 30.9 Å². The van der Waals surface area contributed by atoms with Crippen molar-refractivity contribution in [3.05, 3.63) is 35.9 Å². The van der Waals surface area contributed by atoms with Gasteiger partial charge in [0.25, 0.3) is 0 Å². The number of pyridine rings is 1. The maximum absolute atomic E-state index is 5.72. The second-order valence-electron chi connectivity index (χ2n) is 2.58. The summed E-state index contributed by atoms with van der Waals surface area (Å²) >= 11 is 5.72. The van der Waals surface area contributed by atoms with Crippen LogP contribution >= 0.6 is 11.6 Å². The highest BCUT2D eigenvalue weighted by atomic mass is 35.5. The first-order valence-electron chi connectivity index (χ1n) is 3.67. The molecule has 0 aromatic carbocycles. The van der Waals surface area contributed by atoms with Gasteiger partial charge in [-0.3, -0.25) is 4.98 Å². The molecular weight excluding hydrogens is 188 g/mol. The highest BCUT2D eigenvalue weighted by Crippen LogP contribution is 2.12. The van der Waals surface area contributed by atoms with Crippen LogP contribution in [0.25, 0.3) is 5.69 Å². The molecule has 0 unspecified atom stereocenters. The topological polar surface area (TPSA) is 56.7 Å². The SMILES string of the molecule is Nc1cncc(-n2cc(Cl)cn2)c1. The van der Waals surface area contributed by atoms with E-state index < -0.39 is 0 Å². The molecule has 0 saturated heterocycles. The minimum Gasteiger partial charge on any atom is -0.397 e. The first-order chi connectivity index (χ1) is 6.25. The van der Waals surface area contributed by atoms with Gasteiger partial charge in [0.1, 0.15) is 0 Å². The standard InChI is InChI=1S/C8H7ClN4/c9-6-2-12-13(5-6)8-1-7(10)3-11-4-8/h1-5H,10H2. The van der Waals surface area contributed by atoms with Crippen molar-refractivity contribution >= 4 is 17.3 Å². The quantitative estimate of drug-likeness (QED) is 0.749. The molecule has 0 spiro atoms. The Labute approximate surface area is 80.0 Å². The van der Waals surface area contributed by atoms with Crippen LogP contribution in [0.5, 0.6) is 0 Å². The highest BCUT2D eigenvalue weighted by Gasteiger charge is 1.98. The van der Waals surface area contributed by atoms with Crippen LogP contribution in [0.3, 0.4) is 0 Å². The van der Waals surface area contributed by atoms with Crippen LogP contribution in [0, 0.1) is 0 Å². The van der Waals surface area contributed by atoms with Gasteiger partial charge in [0.05, 0.1) is 28.8 Å². The molecule has 0 fully saturated rings. The summed E-state index contributed by atoms with van der Waals surface area (Å²) in [6.45, 7) is 0. The van der Waals surface area contributed by atoms with E-state index in [-0.39, 0.29) is 0 Å². The zero-order chi connectivity index (χ0) is 9.26. The van der Waals surface area contributed by atoms with E-state index in [9.17, 15) is 0 Å². The van der Waals surface area contributed by atoms with E-state index >= 15 is 0 Å². The largest absolute Gasteiger partial charge is 0.397 e. The summed E-state index contributed by atoms with van der Waals surface area (Å²) in [5.74, 6) is 0. The Hall–Kier alpha value is -1.55. The Morgan fingerprint density at radius 2 is 2.15 bits per heavy atom. The van der Waals surface area contributed by atoms with E-state index in [4.69, 9.17) is 17.3 Å². The summed E-state index contributed by atoms with van der Waals surface area (Å²) in [5.41, 5.74) is 6.97. The molecule has 0 radical (unpaired) electrons. The van der Waals surface area contributed by atoms with Gasteiger partial charge in [-0.15, -0.1) is 0 Å². The summed E-state index contributed by atoms with van der Waals surface area (Å²) in [7, 11) is 0. The molecular formula is C8H7ClN4. The molecule has 0 aliphatic carbocycles. The van der Waals surface area contributed by atoms with Crippen molar-refractivity contribution in [3.63, 3.8) is 0 Å². The maximum atomic E-state index is 5.72. The lowest BCUT2D eigenvalue weighted by atomic mass is 10.4. The number of hydrogen-bond donors (Lipinski definition) is 1. The van der Waals surface area contributed by atoms with Crippen molar-refractivity contribution in [2.24, 2.45) is 0 Å². The Morgan fingerprint density at radius 3 is 2.77 bits per heavy atom. The molecule has 2 aromatic rings. The average Bonchev–Trinajstić information content (AvgIpc) is 2.52. The molecule has 2 aromatic heterocycles. The molecule has 0 atom stereocenters. The smallest absolute Gasteiger partial charge is 0.0849 e. The van der Waals surface area contributed by atoms with Crippen molar-refractivity contribution < 1.29 is 0 Å². The molecule has 0 aliphatic heterocycles. The minimum absolute atomic E-state index is 0.586. The number of halogens is 1. The molecule has 0 amide bonds. The first kappa shape index (κ1) is 8.07. The summed E-state index contributed by atoms with van der Waals surface area (Å²) in [6.07, 6.45) is 6.50. The lowest BCUT2D eigenvalue weighted by Crippen LogP contribution is -1.96. The van der Waals surface area contributed by atoms with Gasteiger partial charge in [-0.1, -0.05) is 11.6 Å². The molecule has 66 valence electrons. The van der Waals surface area contributed by atoms with Crippen molar-refractivity contribution in [1.82, 2.24) is 14.8 Å². The van der Waals surface area contributed by atoms with Crippen LogP contribution in [-0.4, -0.2) is 14.8 Å². The second-order valence-corrected chi connectivity index (χ2v) is 3.02. The van der Waals surface area contributed by atoms with E-state index in [0.717, 1.165) is 5.69 Å². The molecule has 4 nitrogen and oxygen atoms in total. The predicted molar refractivity (Wildman–Crippen MR) is 50.8 cm³/mol. The van der Waals surface area contributed by atoms with Gasteiger partial charge < -0.3 is 5.73 Å². The number of nitrogen functional groups attached to an aromatic ring is 1. The van der Waals surface area contributed by atoms with Gasteiger partial charge in [0, 0.05) is 12.4 Å². The molecule has 2 N–H and O–H groups in total. The second kappa shape index (κ2) is 3.06. The average molecular weight is 195 g/mol. The fraction of sp³-hybridized carbons (Fsp3) is 0. The lowest BCUT2D eigenvalue weighted by Gasteiger charge is -2.00. The van der Waals surface area contributed by atoms with Gasteiger partial charge in [0.15, 0.2) is 0 Å². The number of aromatic nitrogens is 3. The van der Waals surface area contributed by atoms with Crippen molar-refractivity contribution in [3.8, 4) is 5.69 Å². The molecule has 0 bridgehead atoms. The third-order valence-electron chi connectivity index (χ3n) is 1.56. The lowest BCUT2D eigenvalue weighted by molar-refractivity contribution is 0.874. The highest BCUT2D eigenvalue weighted by molar-refractivity contribution is 6.30. The molecule has 2 heterocycles. The van der Waals surface area contributed by atoms with E-state index in [0.29, 0.717) is 10.7 Å². The fourth-order valence-electron chi connectivity index (χ4n) is 1.01. The van der Waals surface area contributed by atoms with Crippen molar-refractivity contribution in [2.45, 2.75) is 0 Å². The Bertz CT molecular complexity index is 424. The normalized spacial score (nSPS) is 10.2. The van der Waals surface area contributed by atoms with Crippen LogP contribution in [0.4, 0.5) is 5.69 Å². The van der Waals surface area contributed by atoms with Gasteiger partial charge in [-0.05, 0) is 6.07 Å². The van der Waals surface area contributed by atoms with Crippen LogP contribution in [-0.2, 0) is 0 Å². The third-order valence-corrected chi connectivity index (χ3v) is 1.76. The monoisotopic (exact) mass is 194 g/mol. The molecule has 0 saturated carbocycles. The van der Waals surface area contributed by atoms with E-state index in [1.165, 1.54) is 0 Å². The first-order valence-corrected chi connectivity index (χ1v) is 4.04. The van der Waals surface area contributed by atoms with Crippen LogP contribution in [0.2, 0.25) is 5.02 Å². The number of nitrogens with two attached hydrogens (primary N) is 1. The van der Waals surface area contributed by atoms with E-state index in [1.54, 1.807) is 35.5 Å². The molecule has 13 heavy (non-hydrogen) atoms. The Kier molecular flexibility index (Phi) is 1.90. The van der Waals surface area contributed by atoms with Gasteiger partial charge in [-0.25, -0.2) is 4.68 Å². The number of rotatable bonds is 1. The van der Waals surface area contributed by atoms with Crippen LogP contribution in [0.1, 0.15) is 0 Å². The fourth-order valence-corrected chi connectivity index (χ4v) is 1.15. The minimum atomic E-state index is 0.586. The van der Waals surface area contributed by atoms with Gasteiger partial charge in [-0.2, -0.15) is 5.10 Å². The summed E-state index contributed by atoms with van der Waals surface area (Å²) < 4.78 is 1.62. The number of anilines is 1. The summed E-state index contributed by atoms with van der Waals surface area (Å²) in [4.78, 5) is 3.94.